The average Bonchev–Trinajstić information content (AvgIpc) is 2.42. The molecule has 0 amide bonds. The third-order valence-corrected chi connectivity index (χ3v) is 2.57. The summed E-state index contributed by atoms with van der Waals surface area (Å²) in [7, 11) is 1.22. The van der Waals surface area contributed by atoms with Gasteiger partial charge in [0.25, 0.3) is 0 Å². The van der Waals surface area contributed by atoms with Gasteiger partial charge in [-0.2, -0.15) is 0 Å². The fourth-order valence-electron chi connectivity index (χ4n) is 1.62. The molecule has 0 spiro atoms. The number of methoxy groups -OCH3 is 1. The molecule has 0 aliphatic carbocycles. The van der Waals surface area contributed by atoms with Crippen molar-refractivity contribution in [2.75, 3.05) is 19.0 Å². The Morgan fingerprint density at radius 1 is 1.36 bits per heavy atom. The second-order valence-electron chi connectivity index (χ2n) is 4.04. The van der Waals surface area contributed by atoms with Gasteiger partial charge >= 0.3 is 11.7 Å². The van der Waals surface area contributed by atoms with Crippen molar-refractivity contribution in [1.82, 2.24) is 0 Å². The lowest BCUT2D eigenvalue weighted by atomic mass is 10.2. The van der Waals surface area contributed by atoms with E-state index in [1.165, 1.54) is 21.0 Å². The van der Waals surface area contributed by atoms with Crippen LogP contribution in [0, 0.1) is 21.7 Å². The van der Waals surface area contributed by atoms with E-state index in [9.17, 15) is 23.7 Å². The number of esters is 1. The highest BCUT2D eigenvalue weighted by Crippen LogP contribution is 2.28. The minimum Gasteiger partial charge on any atom is -0.494 e. The second kappa shape index (κ2) is 7.34. The molecule has 22 heavy (non-hydrogen) atoms. The number of nitro groups is 1. The molecule has 1 rings (SSSR count). The summed E-state index contributed by atoms with van der Waals surface area (Å²) in [4.78, 5) is 21.6. The van der Waals surface area contributed by atoms with E-state index in [1.807, 2.05) is 0 Å². The lowest BCUT2D eigenvalue weighted by Crippen LogP contribution is -2.19. The highest BCUT2D eigenvalue weighted by atomic mass is 19.2. The van der Waals surface area contributed by atoms with E-state index in [-0.39, 0.29) is 23.7 Å². The Bertz CT molecular complexity index is 631. The van der Waals surface area contributed by atoms with Gasteiger partial charge in [-0.05, 0) is 13.8 Å². The molecule has 0 unspecified atom stereocenters. The number of halogens is 2. The Labute approximate surface area is 124 Å². The number of nitrogens with zero attached hydrogens (tertiary/aromatic N) is 1. The number of nitrogens with one attached hydrogen (secondary N) is 1. The summed E-state index contributed by atoms with van der Waals surface area (Å²) in [5.41, 5.74) is -1.11. The van der Waals surface area contributed by atoms with Crippen LogP contribution < -0.4 is 10.1 Å². The van der Waals surface area contributed by atoms with Crippen molar-refractivity contribution < 1.29 is 28.0 Å². The third kappa shape index (κ3) is 3.90. The first-order valence-corrected chi connectivity index (χ1v) is 6.14. The molecule has 7 nitrogen and oxygen atoms in total. The maximum absolute atomic E-state index is 13.3. The van der Waals surface area contributed by atoms with Crippen molar-refractivity contribution in [2.24, 2.45) is 0 Å². The van der Waals surface area contributed by atoms with Crippen molar-refractivity contribution in [1.29, 1.82) is 0 Å². The minimum absolute atomic E-state index is 0.0437. The van der Waals surface area contributed by atoms with Crippen LogP contribution in [-0.2, 0) is 9.53 Å². The number of ether oxygens (including phenoxy) is 2. The molecular weight excluding hydrogens is 302 g/mol. The lowest BCUT2D eigenvalue weighted by Gasteiger charge is -2.12. The fraction of sp³-hybridized carbons (Fsp3) is 0.308. The summed E-state index contributed by atoms with van der Waals surface area (Å²) >= 11 is 0. The number of hydrogen-bond donors (Lipinski definition) is 1. The summed E-state index contributed by atoms with van der Waals surface area (Å²) < 4.78 is 35.8. The predicted molar refractivity (Wildman–Crippen MR) is 72.9 cm³/mol. The van der Waals surface area contributed by atoms with E-state index >= 15 is 0 Å². The van der Waals surface area contributed by atoms with Crippen LogP contribution in [0.4, 0.5) is 14.5 Å². The Kier molecular flexibility index (Phi) is 5.79. The molecule has 0 fully saturated rings. The van der Waals surface area contributed by atoms with E-state index in [2.05, 4.69) is 10.1 Å². The molecule has 0 saturated carbocycles. The first kappa shape index (κ1) is 17.3. The van der Waals surface area contributed by atoms with Crippen molar-refractivity contribution in [2.45, 2.75) is 13.8 Å². The number of benzene rings is 1. The predicted octanol–water partition coefficient (Wildman–Crippen LogP) is 2.46. The SMILES string of the molecule is CCOC(=O)/C(=C(\C)Nc1cc(F)c(F)cc1OC)[N+](=O)[O-]. The van der Waals surface area contributed by atoms with E-state index in [1.54, 1.807) is 0 Å². The van der Waals surface area contributed by atoms with Gasteiger partial charge in [0.15, 0.2) is 11.6 Å². The summed E-state index contributed by atoms with van der Waals surface area (Å²) in [6.45, 7) is 2.68. The first-order valence-electron chi connectivity index (χ1n) is 6.14. The zero-order valence-corrected chi connectivity index (χ0v) is 12.1. The number of anilines is 1. The van der Waals surface area contributed by atoms with Gasteiger partial charge in [0.2, 0.25) is 0 Å². The van der Waals surface area contributed by atoms with Crippen molar-refractivity contribution in [3.63, 3.8) is 0 Å². The molecule has 0 aromatic heterocycles. The normalized spacial score (nSPS) is 11.5. The van der Waals surface area contributed by atoms with Crippen molar-refractivity contribution in [3.8, 4) is 5.75 Å². The first-order chi connectivity index (χ1) is 10.3. The van der Waals surface area contributed by atoms with Crippen LogP contribution in [0.25, 0.3) is 0 Å². The zero-order valence-electron chi connectivity index (χ0n) is 12.1. The van der Waals surface area contributed by atoms with E-state index in [4.69, 9.17) is 4.74 Å². The van der Waals surface area contributed by atoms with Gasteiger partial charge in [-0.15, -0.1) is 0 Å². The average molecular weight is 316 g/mol. The molecule has 120 valence electrons. The molecule has 0 aliphatic rings. The number of carbonyl (C=O) groups is 1. The highest BCUT2D eigenvalue weighted by Gasteiger charge is 2.27. The van der Waals surface area contributed by atoms with Crippen LogP contribution in [-0.4, -0.2) is 24.6 Å². The quantitative estimate of drug-likeness (QED) is 0.375. The summed E-state index contributed by atoms with van der Waals surface area (Å²) in [5, 5.41) is 13.4. The molecule has 0 heterocycles. The summed E-state index contributed by atoms with van der Waals surface area (Å²) in [6, 6.07) is 1.54. The summed E-state index contributed by atoms with van der Waals surface area (Å²) in [5.74, 6) is -3.53. The Morgan fingerprint density at radius 2 is 1.95 bits per heavy atom. The fourth-order valence-corrected chi connectivity index (χ4v) is 1.62. The third-order valence-electron chi connectivity index (χ3n) is 2.57. The zero-order chi connectivity index (χ0) is 16.9. The van der Waals surface area contributed by atoms with Crippen LogP contribution in [0.1, 0.15) is 13.8 Å². The van der Waals surface area contributed by atoms with Gasteiger partial charge in [-0.3, -0.25) is 10.1 Å². The molecule has 0 bridgehead atoms. The maximum atomic E-state index is 13.3. The van der Waals surface area contributed by atoms with Crippen LogP contribution in [0.15, 0.2) is 23.5 Å². The van der Waals surface area contributed by atoms with Gasteiger partial charge in [0.05, 0.1) is 30.0 Å². The minimum atomic E-state index is -1.17. The van der Waals surface area contributed by atoms with Crippen molar-refractivity contribution >= 4 is 11.7 Å². The molecule has 0 atom stereocenters. The number of allylic oxidation sites excluding steroid dienone is 1. The highest BCUT2D eigenvalue weighted by molar-refractivity contribution is 5.87. The molecule has 0 saturated heterocycles. The van der Waals surface area contributed by atoms with Crippen LogP contribution in [0.3, 0.4) is 0 Å². The van der Waals surface area contributed by atoms with Crippen LogP contribution in [0.2, 0.25) is 0 Å². The Morgan fingerprint density at radius 3 is 2.45 bits per heavy atom. The summed E-state index contributed by atoms with van der Waals surface area (Å²) in [6.07, 6.45) is 0. The second-order valence-corrected chi connectivity index (χ2v) is 4.04. The Balaban J connectivity index is 3.25. The van der Waals surface area contributed by atoms with Crippen LogP contribution >= 0.6 is 0 Å². The molecule has 9 heteroatoms. The van der Waals surface area contributed by atoms with E-state index in [0.29, 0.717) is 0 Å². The Hall–Kier alpha value is -2.71. The number of hydrogen-bond acceptors (Lipinski definition) is 6. The van der Waals surface area contributed by atoms with Gasteiger partial charge < -0.3 is 14.8 Å². The van der Waals surface area contributed by atoms with Gasteiger partial charge in [-0.25, -0.2) is 13.6 Å². The smallest absolute Gasteiger partial charge is 0.411 e. The molecule has 0 aliphatic heterocycles. The maximum Gasteiger partial charge on any atom is 0.411 e. The number of carbonyl (C=O) groups excluding carboxylic acids is 1. The lowest BCUT2D eigenvalue weighted by molar-refractivity contribution is -0.422. The molecule has 1 N–H and O–H groups in total. The largest absolute Gasteiger partial charge is 0.494 e. The van der Waals surface area contributed by atoms with Gasteiger partial charge in [-0.1, -0.05) is 0 Å². The standard InChI is InChI=1S/C13H14F2N2O5/c1-4-22-13(18)12(17(19)20)7(2)16-10-5-8(14)9(15)6-11(10)21-3/h5-6,16H,4H2,1-3H3/b12-7-. The molecular formula is C13H14F2N2O5. The van der Waals surface area contributed by atoms with Crippen molar-refractivity contribution in [3.05, 3.63) is 45.3 Å². The molecule has 0 radical (unpaired) electrons. The van der Waals surface area contributed by atoms with Gasteiger partial charge in [0.1, 0.15) is 5.75 Å². The van der Waals surface area contributed by atoms with Gasteiger partial charge in [0, 0.05) is 12.1 Å². The number of rotatable bonds is 6. The monoisotopic (exact) mass is 316 g/mol. The van der Waals surface area contributed by atoms with Crippen LogP contribution in [0.5, 0.6) is 5.75 Å². The van der Waals surface area contributed by atoms with E-state index in [0.717, 1.165) is 12.1 Å². The topological polar surface area (TPSA) is 90.7 Å². The molecule has 1 aromatic carbocycles. The molecule has 1 aromatic rings. The van der Waals surface area contributed by atoms with E-state index < -0.39 is 28.2 Å².